The largest absolute Gasteiger partial charge is 0.310 e. The summed E-state index contributed by atoms with van der Waals surface area (Å²) in [4.78, 5) is 2.50. The Bertz CT molecular complexity index is 3540. The fourth-order valence-electron chi connectivity index (χ4n) is 12.5. The van der Waals surface area contributed by atoms with Crippen molar-refractivity contribution in [2.45, 2.75) is 43.9 Å². The third kappa shape index (κ3) is 5.69. The van der Waals surface area contributed by atoms with Gasteiger partial charge in [0.1, 0.15) is 0 Å². The van der Waals surface area contributed by atoms with Crippen LogP contribution in [-0.2, 0) is 16.2 Å². The molecule has 0 saturated carbocycles. The molecule has 0 aromatic heterocycles. The smallest absolute Gasteiger partial charge is 0.0714 e. The van der Waals surface area contributed by atoms with Crippen molar-refractivity contribution in [3.05, 3.63) is 281 Å². The van der Waals surface area contributed by atoms with Crippen LogP contribution in [0.4, 0.5) is 17.1 Å². The van der Waals surface area contributed by atoms with Gasteiger partial charge in [-0.25, -0.2) is 0 Å². The molecule has 10 aromatic carbocycles. The number of benzene rings is 10. The summed E-state index contributed by atoms with van der Waals surface area (Å²) < 4.78 is 0. The molecule has 324 valence electrons. The van der Waals surface area contributed by atoms with Crippen molar-refractivity contribution in [1.82, 2.24) is 0 Å². The molecule has 13 rings (SSSR count). The summed E-state index contributed by atoms with van der Waals surface area (Å²) in [5.41, 5.74) is 26.1. The monoisotopic (exact) mass is 869 g/mol. The normalized spacial score (nSPS) is 14.8. The molecule has 0 heterocycles. The van der Waals surface area contributed by atoms with E-state index in [-0.39, 0.29) is 10.8 Å². The highest BCUT2D eigenvalue weighted by Crippen LogP contribution is 2.62. The van der Waals surface area contributed by atoms with Crippen LogP contribution in [-0.4, -0.2) is 0 Å². The van der Waals surface area contributed by atoms with E-state index in [9.17, 15) is 0 Å². The molecule has 3 aliphatic rings. The van der Waals surface area contributed by atoms with E-state index in [1.807, 2.05) is 0 Å². The summed E-state index contributed by atoms with van der Waals surface area (Å²) in [5.74, 6) is 0. The second kappa shape index (κ2) is 15.0. The molecule has 0 atom stereocenters. The first kappa shape index (κ1) is 40.3. The summed E-state index contributed by atoms with van der Waals surface area (Å²) in [7, 11) is 0. The first-order valence-electron chi connectivity index (χ1n) is 24.1. The third-order valence-electron chi connectivity index (χ3n) is 15.7. The number of hydrogen-bond acceptors (Lipinski definition) is 1. The minimum absolute atomic E-state index is 0.134. The Morgan fingerprint density at radius 1 is 0.265 bits per heavy atom. The molecule has 0 amide bonds. The van der Waals surface area contributed by atoms with Gasteiger partial charge in [-0.05, 0) is 137 Å². The van der Waals surface area contributed by atoms with Crippen molar-refractivity contribution in [2.24, 2.45) is 0 Å². The number of fused-ring (bicyclic) bond motifs is 9. The average molecular weight is 870 g/mol. The molecular formula is C67H51N. The number of rotatable bonds is 7. The lowest BCUT2D eigenvalue weighted by atomic mass is 9.67. The molecule has 3 aliphatic carbocycles. The molecule has 1 heteroatoms. The zero-order valence-electron chi connectivity index (χ0n) is 39.0. The number of nitrogens with zero attached hydrogens (tertiary/aromatic N) is 1. The van der Waals surface area contributed by atoms with Crippen molar-refractivity contribution >= 4 is 17.1 Å². The standard InChI is InChI=1S/C67H51N/c1-65(2)56-31-19-18-30-54(56)63-60(65)43-61-64(62(63)46-23-11-6-12-24-46)55-41-50(38-40-57(55)66(61,3)4)68(49-35-33-45(34-36-49)44-21-9-5-10-22-44)51-37-39-53-52-29-17-20-32-58(52)67(59(53)42-51,47-25-13-7-14-26-47)48-27-15-8-16-28-48/h5-43H,1-4H3. The van der Waals surface area contributed by atoms with E-state index < -0.39 is 5.41 Å². The molecule has 0 spiro atoms. The van der Waals surface area contributed by atoms with E-state index in [0.717, 1.165) is 17.1 Å². The predicted octanol–water partition coefficient (Wildman–Crippen LogP) is 17.5. The molecule has 68 heavy (non-hydrogen) atoms. The molecule has 0 saturated heterocycles. The van der Waals surface area contributed by atoms with Crippen LogP contribution in [0.5, 0.6) is 0 Å². The first-order valence-corrected chi connectivity index (χ1v) is 24.1. The fraction of sp³-hybridized carbons (Fsp3) is 0.104. The topological polar surface area (TPSA) is 3.24 Å². The van der Waals surface area contributed by atoms with Gasteiger partial charge in [-0.15, -0.1) is 0 Å². The van der Waals surface area contributed by atoms with Gasteiger partial charge in [0, 0.05) is 27.9 Å². The summed E-state index contributed by atoms with van der Waals surface area (Å²) in [6.07, 6.45) is 0. The fourth-order valence-corrected chi connectivity index (χ4v) is 12.5. The number of anilines is 3. The Labute approximate surface area is 400 Å². The van der Waals surface area contributed by atoms with Crippen LogP contribution < -0.4 is 4.90 Å². The first-order chi connectivity index (χ1) is 33.3. The van der Waals surface area contributed by atoms with Crippen LogP contribution in [0.3, 0.4) is 0 Å². The maximum absolute atomic E-state index is 2.57. The number of hydrogen-bond donors (Lipinski definition) is 0. The summed E-state index contributed by atoms with van der Waals surface area (Å²) in [6, 6.07) is 88.5. The highest BCUT2D eigenvalue weighted by molar-refractivity contribution is 6.05. The van der Waals surface area contributed by atoms with Crippen molar-refractivity contribution in [2.75, 3.05) is 4.90 Å². The van der Waals surface area contributed by atoms with E-state index in [1.165, 1.54) is 100 Å². The van der Waals surface area contributed by atoms with E-state index in [0.29, 0.717) is 0 Å². The molecule has 0 N–H and O–H groups in total. The molecule has 0 bridgehead atoms. The summed E-state index contributed by atoms with van der Waals surface area (Å²) in [6.45, 7) is 9.68. The molecule has 0 fully saturated rings. The minimum Gasteiger partial charge on any atom is -0.310 e. The van der Waals surface area contributed by atoms with E-state index in [4.69, 9.17) is 0 Å². The second-order valence-corrected chi connectivity index (χ2v) is 20.0. The second-order valence-electron chi connectivity index (χ2n) is 20.0. The highest BCUT2D eigenvalue weighted by atomic mass is 15.1. The van der Waals surface area contributed by atoms with Crippen molar-refractivity contribution < 1.29 is 0 Å². The van der Waals surface area contributed by atoms with Crippen molar-refractivity contribution in [1.29, 1.82) is 0 Å². The van der Waals surface area contributed by atoms with Gasteiger partial charge < -0.3 is 4.90 Å². The Balaban J connectivity index is 1.07. The maximum Gasteiger partial charge on any atom is 0.0714 e. The minimum atomic E-state index is -0.525. The molecule has 0 radical (unpaired) electrons. The van der Waals surface area contributed by atoms with E-state index in [2.05, 4.69) is 269 Å². The molecule has 0 unspecified atom stereocenters. The van der Waals surface area contributed by atoms with Gasteiger partial charge in [0.2, 0.25) is 0 Å². The lowest BCUT2D eigenvalue weighted by Gasteiger charge is -2.35. The third-order valence-corrected chi connectivity index (χ3v) is 15.7. The van der Waals surface area contributed by atoms with Crippen LogP contribution in [0.1, 0.15) is 72.2 Å². The lowest BCUT2D eigenvalue weighted by Crippen LogP contribution is -2.28. The maximum atomic E-state index is 2.57. The Hall–Kier alpha value is -8.00. The Morgan fingerprint density at radius 3 is 1.34 bits per heavy atom. The van der Waals surface area contributed by atoms with Gasteiger partial charge in [0.15, 0.2) is 0 Å². The summed E-state index contributed by atoms with van der Waals surface area (Å²) in [5, 5.41) is 0. The van der Waals surface area contributed by atoms with Crippen LogP contribution >= 0.6 is 0 Å². The molecule has 10 aromatic rings. The zero-order chi connectivity index (χ0) is 45.8. The Morgan fingerprint density at radius 2 is 0.706 bits per heavy atom. The molecular weight excluding hydrogens is 819 g/mol. The average Bonchev–Trinajstić information content (AvgIpc) is 3.91. The quantitative estimate of drug-likeness (QED) is 0.154. The lowest BCUT2D eigenvalue weighted by molar-refractivity contribution is 0.639. The van der Waals surface area contributed by atoms with E-state index >= 15 is 0 Å². The van der Waals surface area contributed by atoms with E-state index in [1.54, 1.807) is 0 Å². The van der Waals surface area contributed by atoms with Crippen LogP contribution in [0.25, 0.3) is 55.6 Å². The highest BCUT2D eigenvalue weighted by Gasteiger charge is 2.47. The Kier molecular flexibility index (Phi) is 8.89. The predicted molar refractivity (Wildman–Crippen MR) is 284 cm³/mol. The van der Waals surface area contributed by atoms with Gasteiger partial charge in [-0.3, -0.25) is 0 Å². The van der Waals surface area contributed by atoms with Crippen molar-refractivity contribution in [3.63, 3.8) is 0 Å². The van der Waals surface area contributed by atoms with Gasteiger partial charge in [0.25, 0.3) is 0 Å². The van der Waals surface area contributed by atoms with Crippen LogP contribution in [0, 0.1) is 0 Å². The van der Waals surface area contributed by atoms with Crippen LogP contribution in [0.15, 0.2) is 237 Å². The zero-order valence-corrected chi connectivity index (χ0v) is 39.0. The summed E-state index contributed by atoms with van der Waals surface area (Å²) >= 11 is 0. The van der Waals surface area contributed by atoms with Gasteiger partial charge >= 0.3 is 0 Å². The van der Waals surface area contributed by atoms with Gasteiger partial charge in [0.05, 0.1) is 5.41 Å². The van der Waals surface area contributed by atoms with Crippen LogP contribution in [0.2, 0.25) is 0 Å². The SMILES string of the molecule is CC1(C)c2ccccc2-c2c1cc1c(c2-c2ccccc2)-c2cc(N(c3ccc(-c4ccccc4)cc3)c3ccc4c(c3)C(c3ccccc3)(c3ccccc3)c3ccccc3-4)ccc2C1(C)C. The van der Waals surface area contributed by atoms with Gasteiger partial charge in [-0.2, -0.15) is 0 Å². The molecule has 0 aliphatic heterocycles. The molecule has 1 nitrogen and oxygen atoms in total. The van der Waals surface area contributed by atoms with Crippen molar-refractivity contribution in [3.8, 4) is 55.6 Å². The van der Waals surface area contributed by atoms with Gasteiger partial charge in [-0.1, -0.05) is 228 Å².